The number of methoxy groups -OCH3 is 1. The standard InChI is InChI=1S/C24H24N6O.CH5N/c1-4-5-10-20-15(2)27-24(28-20)14-23(26)30-22(25)13-21(29-30)19-12-17(31-3)11-16-8-6-7-9-18(16)19;1-2/h4-14H,1,25-26H2,2-3H3,(H,27,28);2H2,1H3/b10-5-,23-14+;. The molecule has 0 saturated heterocycles. The minimum absolute atomic E-state index is 0.351. The van der Waals surface area contributed by atoms with Gasteiger partial charge in [-0.2, -0.15) is 5.10 Å². The summed E-state index contributed by atoms with van der Waals surface area (Å²) in [5.41, 5.74) is 20.4. The van der Waals surface area contributed by atoms with E-state index in [1.165, 1.54) is 11.7 Å². The smallest absolute Gasteiger partial charge is 0.134 e. The number of fused-ring (bicyclic) bond motifs is 1. The number of nitrogens with zero attached hydrogens (tertiary/aromatic N) is 3. The molecule has 8 heteroatoms. The summed E-state index contributed by atoms with van der Waals surface area (Å²) in [5, 5.41) is 6.76. The van der Waals surface area contributed by atoms with Gasteiger partial charge in [-0.1, -0.05) is 43.0 Å². The summed E-state index contributed by atoms with van der Waals surface area (Å²) >= 11 is 0. The molecule has 4 rings (SSSR count). The monoisotopic (exact) mass is 443 g/mol. The Kier molecular flexibility index (Phi) is 7.32. The molecule has 0 aliphatic carbocycles. The average molecular weight is 444 g/mol. The molecular formula is C25H29N7O. The van der Waals surface area contributed by atoms with Crippen LogP contribution in [-0.4, -0.2) is 33.9 Å². The molecule has 0 unspecified atom stereocenters. The minimum atomic E-state index is 0.351. The largest absolute Gasteiger partial charge is 0.497 e. The zero-order valence-electron chi connectivity index (χ0n) is 19.0. The summed E-state index contributed by atoms with van der Waals surface area (Å²) in [5.74, 6) is 2.13. The van der Waals surface area contributed by atoms with Crippen LogP contribution in [0.25, 0.3) is 40.0 Å². The van der Waals surface area contributed by atoms with E-state index in [2.05, 4.69) is 27.4 Å². The molecule has 8 nitrogen and oxygen atoms in total. The van der Waals surface area contributed by atoms with Crippen molar-refractivity contribution in [2.75, 3.05) is 19.9 Å². The third kappa shape index (κ3) is 4.97. The van der Waals surface area contributed by atoms with Crippen molar-refractivity contribution < 1.29 is 4.74 Å². The highest BCUT2D eigenvalue weighted by Crippen LogP contribution is 2.33. The first kappa shape index (κ1) is 23.4. The molecule has 4 aromatic rings. The molecule has 0 spiro atoms. The highest BCUT2D eigenvalue weighted by Gasteiger charge is 2.14. The van der Waals surface area contributed by atoms with Crippen molar-refractivity contribution in [2.45, 2.75) is 6.92 Å². The predicted octanol–water partition coefficient (Wildman–Crippen LogP) is 4.01. The van der Waals surface area contributed by atoms with Crippen LogP contribution in [0.1, 0.15) is 17.2 Å². The number of H-pyrrole nitrogens is 1. The van der Waals surface area contributed by atoms with E-state index in [0.29, 0.717) is 23.2 Å². The Morgan fingerprint density at radius 2 is 1.94 bits per heavy atom. The molecule has 7 N–H and O–H groups in total. The SMILES string of the molecule is C=C/C=C\c1nc(/C=C(\N)n2nc(-c3cc(OC)cc4ccccc34)cc2N)[nH]c1C.CN. The number of allylic oxidation sites excluding steroid dienone is 2. The van der Waals surface area contributed by atoms with E-state index >= 15 is 0 Å². The lowest BCUT2D eigenvalue weighted by molar-refractivity contribution is 0.415. The highest BCUT2D eigenvalue weighted by atomic mass is 16.5. The fraction of sp³-hybridized carbons (Fsp3) is 0.120. The molecule has 2 heterocycles. The summed E-state index contributed by atoms with van der Waals surface area (Å²) in [6.07, 6.45) is 7.11. The lowest BCUT2D eigenvalue weighted by Crippen LogP contribution is -2.10. The van der Waals surface area contributed by atoms with Crippen molar-refractivity contribution in [3.8, 4) is 17.0 Å². The van der Waals surface area contributed by atoms with Crippen molar-refractivity contribution in [3.05, 3.63) is 78.4 Å². The molecule has 0 fully saturated rings. The maximum atomic E-state index is 6.31. The molecule has 2 aromatic carbocycles. The quantitative estimate of drug-likeness (QED) is 0.333. The van der Waals surface area contributed by atoms with Crippen LogP contribution in [0.15, 0.2) is 61.2 Å². The van der Waals surface area contributed by atoms with Gasteiger partial charge in [-0.25, -0.2) is 9.67 Å². The molecule has 170 valence electrons. The van der Waals surface area contributed by atoms with E-state index in [1.807, 2.05) is 55.5 Å². The Morgan fingerprint density at radius 1 is 1.18 bits per heavy atom. The molecule has 0 saturated carbocycles. The van der Waals surface area contributed by atoms with E-state index in [4.69, 9.17) is 16.2 Å². The number of nitrogen functional groups attached to an aromatic ring is 1. The Balaban J connectivity index is 0.00000149. The third-order valence-electron chi connectivity index (χ3n) is 4.94. The molecule has 0 aliphatic rings. The number of nitrogens with one attached hydrogen (secondary N) is 1. The average Bonchev–Trinajstić information content (AvgIpc) is 3.39. The number of ether oxygens (including phenoxy) is 1. The molecular weight excluding hydrogens is 414 g/mol. The van der Waals surface area contributed by atoms with Crippen LogP contribution in [0.3, 0.4) is 0 Å². The first-order chi connectivity index (χ1) is 16.0. The van der Waals surface area contributed by atoms with Crippen LogP contribution >= 0.6 is 0 Å². The van der Waals surface area contributed by atoms with E-state index < -0.39 is 0 Å². The third-order valence-corrected chi connectivity index (χ3v) is 4.94. The molecule has 0 amide bonds. The Labute approximate surface area is 193 Å². The van der Waals surface area contributed by atoms with Gasteiger partial charge in [-0.15, -0.1) is 0 Å². The van der Waals surface area contributed by atoms with Gasteiger partial charge in [0.15, 0.2) is 0 Å². The lowest BCUT2D eigenvalue weighted by Gasteiger charge is -2.08. The van der Waals surface area contributed by atoms with Crippen LogP contribution < -0.4 is 21.9 Å². The number of aryl methyl sites for hydroxylation is 1. The highest BCUT2D eigenvalue weighted by molar-refractivity contribution is 5.97. The number of benzene rings is 2. The maximum Gasteiger partial charge on any atom is 0.134 e. The topological polar surface area (TPSA) is 134 Å². The van der Waals surface area contributed by atoms with Gasteiger partial charge in [0.1, 0.15) is 23.2 Å². The number of aromatic nitrogens is 4. The Bertz CT molecular complexity index is 1330. The van der Waals surface area contributed by atoms with Gasteiger partial charge in [0, 0.05) is 23.4 Å². The number of hydrogen-bond acceptors (Lipinski definition) is 6. The van der Waals surface area contributed by atoms with E-state index in [0.717, 1.165) is 33.5 Å². The number of anilines is 1. The van der Waals surface area contributed by atoms with Crippen LogP contribution in [-0.2, 0) is 0 Å². The van der Waals surface area contributed by atoms with Gasteiger partial charge in [0.25, 0.3) is 0 Å². The van der Waals surface area contributed by atoms with Crippen molar-refractivity contribution in [1.82, 2.24) is 19.7 Å². The predicted molar refractivity (Wildman–Crippen MR) is 137 cm³/mol. The zero-order chi connectivity index (χ0) is 24.0. The normalized spacial score (nSPS) is 11.5. The number of imidazole rings is 1. The second-order valence-electron chi connectivity index (χ2n) is 7.06. The Morgan fingerprint density at radius 3 is 2.67 bits per heavy atom. The van der Waals surface area contributed by atoms with Crippen LogP contribution in [0.5, 0.6) is 5.75 Å². The molecule has 0 radical (unpaired) electrons. The van der Waals surface area contributed by atoms with E-state index in [1.54, 1.807) is 25.3 Å². The van der Waals surface area contributed by atoms with Gasteiger partial charge < -0.3 is 26.9 Å². The zero-order valence-corrected chi connectivity index (χ0v) is 19.0. The number of rotatable bonds is 6. The number of aromatic amines is 1. The summed E-state index contributed by atoms with van der Waals surface area (Å²) in [4.78, 5) is 7.73. The molecule has 0 atom stereocenters. The molecule has 2 aromatic heterocycles. The Hall–Kier alpha value is -4.30. The van der Waals surface area contributed by atoms with Crippen molar-refractivity contribution in [1.29, 1.82) is 0 Å². The summed E-state index contributed by atoms with van der Waals surface area (Å²) in [6.45, 7) is 5.62. The summed E-state index contributed by atoms with van der Waals surface area (Å²) in [7, 11) is 3.14. The number of nitrogens with two attached hydrogens (primary N) is 3. The summed E-state index contributed by atoms with van der Waals surface area (Å²) < 4.78 is 6.96. The minimum Gasteiger partial charge on any atom is -0.497 e. The van der Waals surface area contributed by atoms with Gasteiger partial charge in [-0.05, 0) is 43.0 Å². The molecule has 0 bridgehead atoms. The molecule has 33 heavy (non-hydrogen) atoms. The molecule has 0 aliphatic heterocycles. The van der Waals surface area contributed by atoms with E-state index in [-0.39, 0.29) is 0 Å². The fourth-order valence-corrected chi connectivity index (χ4v) is 3.44. The first-order valence-electron chi connectivity index (χ1n) is 10.3. The van der Waals surface area contributed by atoms with Gasteiger partial charge in [-0.3, -0.25) is 0 Å². The fourth-order valence-electron chi connectivity index (χ4n) is 3.44. The van der Waals surface area contributed by atoms with Crippen molar-refractivity contribution in [3.63, 3.8) is 0 Å². The maximum absolute atomic E-state index is 6.31. The second-order valence-corrected chi connectivity index (χ2v) is 7.06. The second kappa shape index (κ2) is 10.3. The van der Waals surface area contributed by atoms with Crippen LogP contribution in [0, 0.1) is 6.92 Å². The first-order valence-corrected chi connectivity index (χ1v) is 10.3. The van der Waals surface area contributed by atoms with E-state index in [9.17, 15) is 0 Å². The van der Waals surface area contributed by atoms with Crippen molar-refractivity contribution in [2.24, 2.45) is 11.5 Å². The summed E-state index contributed by atoms with van der Waals surface area (Å²) in [6, 6.07) is 13.8. The lowest BCUT2D eigenvalue weighted by atomic mass is 10.0. The van der Waals surface area contributed by atoms with Gasteiger partial charge in [0.2, 0.25) is 0 Å². The van der Waals surface area contributed by atoms with Crippen molar-refractivity contribution >= 4 is 34.6 Å². The van der Waals surface area contributed by atoms with Gasteiger partial charge >= 0.3 is 0 Å². The van der Waals surface area contributed by atoms with Crippen LogP contribution in [0.4, 0.5) is 5.82 Å². The van der Waals surface area contributed by atoms with Gasteiger partial charge in [0.05, 0.1) is 18.5 Å². The van der Waals surface area contributed by atoms with Crippen LogP contribution in [0.2, 0.25) is 0 Å². The number of hydrogen-bond donors (Lipinski definition) is 4.